The Kier molecular flexibility index (Phi) is 6.63. The molecule has 128 valence electrons. The van der Waals surface area contributed by atoms with Crippen molar-refractivity contribution in [2.24, 2.45) is 0 Å². The summed E-state index contributed by atoms with van der Waals surface area (Å²) >= 11 is 0. The molecule has 2 aromatic rings. The van der Waals surface area contributed by atoms with Crippen LogP contribution in [0.1, 0.15) is 24.3 Å². The first-order chi connectivity index (χ1) is 11.6. The van der Waals surface area contributed by atoms with E-state index in [1.807, 2.05) is 62.3 Å². The van der Waals surface area contributed by atoms with Gasteiger partial charge in [-0.3, -0.25) is 9.69 Å². The Balaban J connectivity index is 1.87. The SMILES string of the molecule is CCOc1ccc(C=CC(=O)NCC(c2ccco2)N(C)C)cc1. The van der Waals surface area contributed by atoms with Crippen molar-refractivity contribution in [3.63, 3.8) is 0 Å². The molecule has 0 saturated carbocycles. The number of hydrogen-bond acceptors (Lipinski definition) is 4. The summed E-state index contributed by atoms with van der Waals surface area (Å²) in [5.74, 6) is 1.52. The highest BCUT2D eigenvalue weighted by molar-refractivity contribution is 5.91. The maximum Gasteiger partial charge on any atom is 0.244 e. The number of ether oxygens (including phenoxy) is 1. The van der Waals surface area contributed by atoms with Crippen molar-refractivity contribution in [3.8, 4) is 5.75 Å². The van der Waals surface area contributed by atoms with E-state index in [1.54, 1.807) is 12.3 Å². The summed E-state index contributed by atoms with van der Waals surface area (Å²) in [4.78, 5) is 14.0. The molecule has 0 radical (unpaired) electrons. The second-order valence-corrected chi connectivity index (χ2v) is 5.58. The molecule has 5 nitrogen and oxygen atoms in total. The van der Waals surface area contributed by atoms with Crippen LogP contribution in [0.15, 0.2) is 53.2 Å². The van der Waals surface area contributed by atoms with Crippen LogP contribution in [0, 0.1) is 0 Å². The Morgan fingerprint density at radius 2 is 2.04 bits per heavy atom. The molecule has 1 heterocycles. The molecule has 0 fully saturated rings. The van der Waals surface area contributed by atoms with Gasteiger partial charge in [0.15, 0.2) is 0 Å². The lowest BCUT2D eigenvalue weighted by atomic mass is 10.2. The number of hydrogen-bond donors (Lipinski definition) is 1. The van der Waals surface area contributed by atoms with Crippen molar-refractivity contribution in [3.05, 3.63) is 60.1 Å². The average molecular weight is 328 g/mol. The lowest BCUT2D eigenvalue weighted by Crippen LogP contribution is -2.33. The minimum atomic E-state index is -0.137. The molecule has 1 unspecified atom stereocenters. The van der Waals surface area contributed by atoms with Crippen molar-refractivity contribution in [2.45, 2.75) is 13.0 Å². The number of rotatable bonds is 8. The smallest absolute Gasteiger partial charge is 0.244 e. The molecule has 0 saturated heterocycles. The van der Waals surface area contributed by atoms with Gasteiger partial charge >= 0.3 is 0 Å². The summed E-state index contributed by atoms with van der Waals surface area (Å²) < 4.78 is 10.8. The highest BCUT2D eigenvalue weighted by atomic mass is 16.5. The fourth-order valence-corrected chi connectivity index (χ4v) is 2.29. The Bertz CT molecular complexity index is 646. The van der Waals surface area contributed by atoms with Crippen LogP contribution in [0.25, 0.3) is 6.08 Å². The zero-order valence-corrected chi connectivity index (χ0v) is 14.4. The van der Waals surface area contributed by atoms with Gasteiger partial charge in [-0.15, -0.1) is 0 Å². The summed E-state index contributed by atoms with van der Waals surface area (Å²) in [6.45, 7) is 3.06. The molecule has 2 rings (SSSR count). The van der Waals surface area contributed by atoms with Crippen LogP contribution in [0.3, 0.4) is 0 Å². The first-order valence-corrected chi connectivity index (χ1v) is 7.98. The first-order valence-electron chi connectivity index (χ1n) is 7.98. The van der Waals surface area contributed by atoms with Gasteiger partial charge in [-0.05, 0) is 56.9 Å². The molecule has 1 aromatic heterocycles. The number of nitrogens with one attached hydrogen (secondary N) is 1. The summed E-state index contributed by atoms with van der Waals surface area (Å²) in [5.41, 5.74) is 0.948. The van der Waals surface area contributed by atoms with Crippen LogP contribution in [0.4, 0.5) is 0 Å². The predicted molar refractivity (Wildman–Crippen MR) is 94.8 cm³/mol. The highest BCUT2D eigenvalue weighted by Crippen LogP contribution is 2.17. The number of likely N-dealkylation sites (N-methyl/N-ethyl adjacent to an activating group) is 1. The number of benzene rings is 1. The molecular weight excluding hydrogens is 304 g/mol. The topological polar surface area (TPSA) is 54.7 Å². The molecule has 0 aliphatic rings. The molecule has 1 atom stereocenters. The van der Waals surface area contributed by atoms with Crippen LogP contribution in [-0.4, -0.2) is 38.1 Å². The van der Waals surface area contributed by atoms with Crippen LogP contribution in [0.2, 0.25) is 0 Å². The monoisotopic (exact) mass is 328 g/mol. The fraction of sp³-hybridized carbons (Fsp3) is 0.316. The minimum Gasteiger partial charge on any atom is -0.494 e. The Morgan fingerprint density at radius 1 is 1.29 bits per heavy atom. The van der Waals surface area contributed by atoms with E-state index < -0.39 is 0 Å². The first kappa shape index (κ1) is 17.8. The highest BCUT2D eigenvalue weighted by Gasteiger charge is 2.17. The zero-order chi connectivity index (χ0) is 17.4. The molecule has 0 aliphatic heterocycles. The van der Waals surface area contributed by atoms with Crippen molar-refractivity contribution >= 4 is 12.0 Å². The van der Waals surface area contributed by atoms with E-state index in [-0.39, 0.29) is 11.9 Å². The van der Waals surface area contributed by atoms with Crippen LogP contribution in [0.5, 0.6) is 5.75 Å². The fourth-order valence-electron chi connectivity index (χ4n) is 2.29. The Hall–Kier alpha value is -2.53. The lowest BCUT2D eigenvalue weighted by Gasteiger charge is -2.22. The van der Waals surface area contributed by atoms with E-state index in [1.165, 1.54) is 6.08 Å². The van der Waals surface area contributed by atoms with Crippen molar-refractivity contribution < 1.29 is 13.9 Å². The van der Waals surface area contributed by atoms with E-state index in [0.717, 1.165) is 17.1 Å². The minimum absolute atomic E-state index is 0.00262. The molecule has 0 bridgehead atoms. The Morgan fingerprint density at radius 3 is 2.62 bits per heavy atom. The third kappa shape index (κ3) is 5.28. The van der Waals surface area contributed by atoms with Crippen molar-refractivity contribution in [1.29, 1.82) is 0 Å². The van der Waals surface area contributed by atoms with Gasteiger partial charge in [0.2, 0.25) is 5.91 Å². The molecule has 0 spiro atoms. The lowest BCUT2D eigenvalue weighted by molar-refractivity contribution is -0.116. The predicted octanol–water partition coefficient (Wildman–Crippen LogP) is 3.11. The van der Waals surface area contributed by atoms with Gasteiger partial charge in [0.05, 0.1) is 18.9 Å². The zero-order valence-electron chi connectivity index (χ0n) is 14.4. The van der Waals surface area contributed by atoms with Gasteiger partial charge in [0, 0.05) is 12.6 Å². The van der Waals surface area contributed by atoms with Crippen LogP contribution in [-0.2, 0) is 4.79 Å². The number of carbonyl (C=O) groups is 1. The van der Waals surface area contributed by atoms with Gasteiger partial charge in [-0.1, -0.05) is 12.1 Å². The van der Waals surface area contributed by atoms with E-state index in [4.69, 9.17) is 9.15 Å². The summed E-state index contributed by atoms with van der Waals surface area (Å²) in [6, 6.07) is 11.4. The van der Waals surface area contributed by atoms with Crippen LogP contribution >= 0.6 is 0 Å². The molecule has 0 aliphatic carbocycles. The average Bonchev–Trinajstić information content (AvgIpc) is 3.08. The van der Waals surface area contributed by atoms with Gasteiger partial charge in [-0.2, -0.15) is 0 Å². The largest absolute Gasteiger partial charge is 0.494 e. The number of furan rings is 1. The third-order valence-electron chi connectivity index (χ3n) is 3.58. The normalized spacial score (nSPS) is 12.5. The molecule has 1 amide bonds. The summed E-state index contributed by atoms with van der Waals surface area (Å²) in [7, 11) is 3.91. The van der Waals surface area contributed by atoms with Gasteiger partial charge in [-0.25, -0.2) is 0 Å². The standard InChI is InChI=1S/C19H24N2O3/c1-4-23-16-10-7-15(8-11-16)9-12-19(22)20-14-17(21(2)3)18-6-5-13-24-18/h5-13,17H,4,14H2,1-3H3,(H,20,22). The second kappa shape index (κ2) is 8.93. The molecule has 5 heteroatoms. The van der Waals surface area contributed by atoms with E-state index >= 15 is 0 Å². The maximum absolute atomic E-state index is 12.0. The van der Waals surface area contributed by atoms with Gasteiger partial charge in [0.1, 0.15) is 11.5 Å². The summed E-state index contributed by atoms with van der Waals surface area (Å²) in [5, 5.41) is 2.90. The third-order valence-corrected chi connectivity index (χ3v) is 3.58. The Labute approximate surface area is 142 Å². The molecule has 1 aromatic carbocycles. The molecule has 1 N–H and O–H groups in total. The van der Waals surface area contributed by atoms with Crippen LogP contribution < -0.4 is 10.1 Å². The van der Waals surface area contributed by atoms with Crippen molar-refractivity contribution in [2.75, 3.05) is 27.2 Å². The number of nitrogens with zero attached hydrogens (tertiary/aromatic N) is 1. The second-order valence-electron chi connectivity index (χ2n) is 5.58. The van der Waals surface area contributed by atoms with Gasteiger partial charge in [0.25, 0.3) is 0 Å². The van der Waals surface area contributed by atoms with Crippen molar-refractivity contribution in [1.82, 2.24) is 10.2 Å². The molecular formula is C19H24N2O3. The van der Waals surface area contributed by atoms with Gasteiger partial charge < -0.3 is 14.5 Å². The van der Waals surface area contributed by atoms with E-state index in [9.17, 15) is 4.79 Å². The number of carbonyl (C=O) groups excluding carboxylic acids is 1. The maximum atomic E-state index is 12.0. The quantitative estimate of drug-likeness (QED) is 0.757. The van der Waals surface area contributed by atoms with E-state index in [0.29, 0.717) is 13.2 Å². The molecule has 24 heavy (non-hydrogen) atoms. The van der Waals surface area contributed by atoms with E-state index in [2.05, 4.69) is 5.32 Å². The summed E-state index contributed by atoms with van der Waals surface area (Å²) in [6.07, 6.45) is 4.95. The number of amides is 1.